The van der Waals surface area contributed by atoms with Crippen LogP contribution in [0.2, 0.25) is 0 Å². The molecule has 1 saturated carbocycles. The third kappa shape index (κ3) is 3.12. The van der Waals surface area contributed by atoms with Crippen molar-refractivity contribution in [2.24, 2.45) is 5.92 Å². The molecule has 1 aromatic carbocycles. The monoisotopic (exact) mass is 311 g/mol. The molecule has 1 aliphatic carbocycles. The number of alkyl halides is 2. The number of hydrogen-bond donors (Lipinski definition) is 2. The molecular weight excluding hydrogens is 296 g/mol. The fourth-order valence-corrected chi connectivity index (χ4v) is 3.42. The second kappa shape index (κ2) is 5.22. The number of nitrogens with zero attached hydrogens (tertiary/aromatic N) is 1. The predicted molar refractivity (Wildman–Crippen MR) is 79.6 cm³/mol. The number of halogens is 2. The lowest BCUT2D eigenvalue weighted by molar-refractivity contribution is -0.124. The van der Waals surface area contributed by atoms with Gasteiger partial charge in [0.2, 0.25) is 11.8 Å². The van der Waals surface area contributed by atoms with E-state index in [0.29, 0.717) is 10.8 Å². The molecule has 112 valence electrons. The van der Waals surface area contributed by atoms with Gasteiger partial charge in [-0.2, -0.15) is 0 Å². The summed E-state index contributed by atoms with van der Waals surface area (Å²) < 4.78 is 27.1. The molecule has 7 heteroatoms. The van der Waals surface area contributed by atoms with E-state index in [2.05, 4.69) is 10.3 Å². The predicted octanol–water partition coefficient (Wildman–Crippen LogP) is 3.64. The summed E-state index contributed by atoms with van der Waals surface area (Å²) in [6.45, 7) is 0. The van der Waals surface area contributed by atoms with Crippen LogP contribution in [0.5, 0.6) is 0 Å². The van der Waals surface area contributed by atoms with Crippen LogP contribution < -0.4 is 11.1 Å². The number of rotatable bonds is 2. The molecule has 1 amide bonds. The molecule has 4 nitrogen and oxygen atoms in total. The van der Waals surface area contributed by atoms with E-state index < -0.39 is 5.92 Å². The van der Waals surface area contributed by atoms with Crippen LogP contribution >= 0.6 is 11.3 Å². The Labute approximate surface area is 124 Å². The maximum absolute atomic E-state index is 13.1. The minimum atomic E-state index is -2.62. The van der Waals surface area contributed by atoms with E-state index in [-0.39, 0.29) is 37.5 Å². The van der Waals surface area contributed by atoms with E-state index in [1.54, 1.807) is 18.2 Å². The summed E-state index contributed by atoms with van der Waals surface area (Å²) in [5, 5.41) is 3.21. The van der Waals surface area contributed by atoms with E-state index in [9.17, 15) is 13.6 Å². The minimum Gasteiger partial charge on any atom is -0.399 e. The molecule has 21 heavy (non-hydrogen) atoms. The number of nitrogens with two attached hydrogens (primary N) is 1. The van der Waals surface area contributed by atoms with Gasteiger partial charge in [-0.1, -0.05) is 11.3 Å². The summed E-state index contributed by atoms with van der Waals surface area (Å²) in [5.74, 6) is -3.20. The van der Waals surface area contributed by atoms with Crippen LogP contribution in [0.25, 0.3) is 10.2 Å². The van der Waals surface area contributed by atoms with Crippen molar-refractivity contribution >= 4 is 38.3 Å². The maximum atomic E-state index is 13.1. The molecule has 3 N–H and O–H groups in total. The van der Waals surface area contributed by atoms with Crippen molar-refractivity contribution < 1.29 is 13.6 Å². The highest BCUT2D eigenvalue weighted by Crippen LogP contribution is 2.37. The lowest BCUT2D eigenvalue weighted by atomic mass is 9.86. The zero-order chi connectivity index (χ0) is 15.0. The van der Waals surface area contributed by atoms with Crippen LogP contribution in [0.1, 0.15) is 25.7 Å². The molecule has 3 rings (SSSR count). The van der Waals surface area contributed by atoms with Crippen molar-refractivity contribution in [2.75, 3.05) is 11.1 Å². The first kappa shape index (κ1) is 14.2. The van der Waals surface area contributed by atoms with Crippen molar-refractivity contribution in [3.8, 4) is 0 Å². The molecule has 0 bridgehead atoms. The van der Waals surface area contributed by atoms with Crippen LogP contribution in [-0.2, 0) is 4.79 Å². The molecule has 0 aliphatic heterocycles. The molecule has 0 saturated heterocycles. The first-order valence-corrected chi connectivity index (χ1v) is 7.59. The van der Waals surface area contributed by atoms with Gasteiger partial charge < -0.3 is 11.1 Å². The number of nitrogens with one attached hydrogen (secondary N) is 1. The number of nitrogen functional groups attached to an aromatic ring is 1. The topological polar surface area (TPSA) is 68.0 Å². The maximum Gasteiger partial charge on any atom is 0.248 e. The van der Waals surface area contributed by atoms with Crippen molar-refractivity contribution in [2.45, 2.75) is 31.6 Å². The number of anilines is 2. The minimum absolute atomic E-state index is 0.219. The molecule has 1 aromatic heterocycles. The van der Waals surface area contributed by atoms with Crippen molar-refractivity contribution in [1.29, 1.82) is 0 Å². The van der Waals surface area contributed by atoms with E-state index in [1.807, 2.05) is 0 Å². The number of benzene rings is 1. The Morgan fingerprint density at radius 3 is 2.81 bits per heavy atom. The lowest BCUT2D eigenvalue weighted by Gasteiger charge is -2.26. The Morgan fingerprint density at radius 1 is 1.38 bits per heavy atom. The Kier molecular flexibility index (Phi) is 3.52. The van der Waals surface area contributed by atoms with Gasteiger partial charge in [0.15, 0.2) is 5.13 Å². The van der Waals surface area contributed by atoms with Crippen molar-refractivity contribution in [3.63, 3.8) is 0 Å². The van der Waals surface area contributed by atoms with Crippen molar-refractivity contribution in [1.82, 2.24) is 4.98 Å². The molecular formula is C14H15F2N3OS. The summed E-state index contributed by atoms with van der Waals surface area (Å²) in [5.41, 5.74) is 7.10. The largest absolute Gasteiger partial charge is 0.399 e. The summed E-state index contributed by atoms with van der Waals surface area (Å²) >= 11 is 1.33. The number of carbonyl (C=O) groups excluding carboxylic acids is 1. The summed E-state index contributed by atoms with van der Waals surface area (Å²) in [6, 6.07) is 5.33. The molecule has 1 heterocycles. The average molecular weight is 311 g/mol. The fraction of sp³-hybridized carbons (Fsp3) is 0.429. The van der Waals surface area contributed by atoms with Gasteiger partial charge in [-0.15, -0.1) is 0 Å². The molecule has 0 atom stereocenters. The third-order valence-electron chi connectivity index (χ3n) is 3.73. The number of hydrogen-bond acceptors (Lipinski definition) is 4. The lowest BCUT2D eigenvalue weighted by Crippen LogP contribution is -2.31. The van der Waals surface area contributed by atoms with Gasteiger partial charge in [0.25, 0.3) is 0 Å². The highest BCUT2D eigenvalue weighted by Gasteiger charge is 2.37. The Balaban J connectivity index is 1.69. The third-order valence-corrected chi connectivity index (χ3v) is 4.66. The molecule has 0 radical (unpaired) electrons. The van der Waals surface area contributed by atoms with E-state index in [1.165, 1.54) is 11.3 Å². The summed E-state index contributed by atoms with van der Waals surface area (Å²) in [7, 11) is 0. The molecule has 2 aromatic rings. The standard InChI is InChI=1S/C14H15F2N3OS/c15-14(16)5-3-8(4-6-14)12(20)19-13-18-10-2-1-9(17)7-11(10)21-13/h1-2,7-8H,3-6,17H2,(H,18,19,20). The Bertz CT molecular complexity index is 676. The Hall–Kier alpha value is -1.76. The number of carbonyl (C=O) groups is 1. The quantitative estimate of drug-likeness (QED) is 0.832. The average Bonchev–Trinajstić information content (AvgIpc) is 2.79. The van der Waals surface area contributed by atoms with Crippen LogP contribution in [0.3, 0.4) is 0 Å². The van der Waals surface area contributed by atoms with E-state index >= 15 is 0 Å². The number of aromatic nitrogens is 1. The smallest absolute Gasteiger partial charge is 0.248 e. The number of fused-ring (bicyclic) bond motifs is 1. The van der Waals surface area contributed by atoms with Gasteiger partial charge in [-0.25, -0.2) is 13.8 Å². The molecule has 0 spiro atoms. The highest BCUT2D eigenvalue weighted by molar-refractivity contribution is 7.22. The highest BCUT2D eigenvalue weighted by atomic mass is 32.1. The van der Waals surface area contributed by atoms with Gasteiger partial charge in [0.1, 0.15) is 0 Å². The van der Waals surface area contributed by atoms with Crippen LogP contribution in [0.4, 0.5) is 19.6 Å². The van der Waals surface area contributed by atoms with Gasteiger partial charge >= 0.3 is 0 Å². The van der Waals surface area contributed by atoms with Gasteiger partial charge in [0, 0.05) is 24.4 Å². The first-order valence-electron chi connectivity index (χ1n) is 6.78. The van der Waals surface area contributed by atoms with Crippen LogP contribution in [0, 0.1) is 5.92 Å². The summed E-state index contributed by atoms with van der Waals surface area (Å²) in [6.07, 6.45) is -0.00369. The summed E-state index contributed by atoms with van der Waals surface area (Å²) in [4.78, 5) is 16.4. The van der Waals surface area contributed by atoms with E-state index in [0.717, 1.165) is 10.2 Å². The zero-order valence-electron chi connectivity index (χ0n) is 11.2. The van der Waals surface area contributed by atoms with Gasteiger partial charge in [-0.3, -0.25) is 4.79 Å². The van der Waals surface area contributed by atoms with E-state index in [4.69, 9.17) is 5.73 Å². The zero-order valence-corrected chi connectivity index (χ0v) is 12.1. The number of thiazole rings is 1. The molecule has 1 aliphatic rings. The Morgan fingerprint density at radius 2 is 2.10 bits per heavy atom. The van der Waals surface area contributed by atoms with Crippen molar-refractivity contribution in [3.05, 3.63) is 18.2 Å². The van der Waals surface area contributed by atoms with Gasteiger partial charge in [-0.05, 0) is 31.0 Å². The second-order valence-corrected chi connectivity index (χ2v) is 6.40. The van der Waals surface area contributed by atoms with Crippen LogP contribution in [0.15, 0.2) is 18.2 Å². The molecule has 0 unspecified atom stereocenters. The number of amides is 1. The molecule has 1 fully saturated rings. The van der Waals surface area contributed by atoms with Crippen LogP contribution in [-0.4, -0.2) is 16.8 Å². The second-order valence-electron chi connectivity index (χ2n) is 5.37. The SMILES string of the molecule is Nc1ccc2nc(NC(=O)C3CCC(F)(F)CC3)sc2c1. The normalized spacial score (nSPS) is 18.8. The first-order chi connectivity index (χ1) is 9.93. The fourth-order valence-electron chi connectivity index (χ4n) is 2.50. The van der Waals surface area contributed by atoms with Gasteiger partial charge in [0.05, 0.1) is 10.2 Å².